The van der Waals surface area contributed by atoms with E-state index in [0.29, 0.717) is 13.1 Å². The number of halogens is 1. The summed E-state index contributed by atoms with van der Waals surface area (Å²) in [4.78, 5) is 14.1. The Labute approximate surface area is 114 Å². The highest BCUT2D eigenvalue weighted by atomic mass is 127. The molecule has 1 aliphatic rings. The van der Waals surface area contributed by atoms with Gasteiger partial charge in [-0.2, -0.15) is 0 Å². The van der Waals surface area contributed by atoms with E-state index >= 15 is 0 Å². The van der Waals surface area contributed by atoms with E-state index in [1.54, 1.807) is 4.90 Å². The average molecular weight is 345 g/mol. The number of benzene rings is 1. The molecule has 1 amide bonds. The molecule has 0 aromatic heterocycles. The summed E-state index contributed by atoms with van der Waals surface area (Å²) in [6.45, 7) is 1.24. The van der Waals surface area contributed by atoms with Crippen LogP contribution in [-0.4, -0.2) is 36.0 Å². The van der Waals surface area contributed by atoms with Gasteiger partial charge in [-0.1, -0.05) is 12.1 Å². The predicted octanol–water partition coefficient (Wildman–Crippen LogP) is 0.792. The van der Waals surface area contributed by atoms with Crippen molar-refractivity contribution in [3.05, 3.63) is 33.4 Å². The lowest BCUT2D eigenvalue weighted by Gasteiger charge is -2.35. The number of amides is 1. The van der Waals surface area contributed by atoms with Gasteiger partial charge in [-0.3, -0.25) is 4.79 Å². The van der Waals surface area contributed by atoms with Gasteiger partial charge in [0.05, 0.1) is 5.56 Å². The molecule has 0 spiro atoms. The van der Waals surface area contributed by atoms with Gasteiger partial charge in [-0.25, -0.2) is 0 Å². The molecule has 1 aromatic carbocycles. The number of piperidine rings is 1. The van der Waals surface area contributed by atoms with Gasteiger partial charge in [0.25, 0.3) is 5.91 Å². The topological polar surface area (TPSA) is 72.3 Å². The maximum absolute atomic E-state index is 12.3. The van der Waals surface area contributed by atoms with Crippen LogP contribution in [0.3, 0.4) is 0 Å². The highest BCUT2D eigenvalue weighted by Crippen LogP contribution is 2.17. The Bertz CT molecular complexity index is 424. The number of carbonyl (C=O) groups excluding carboxylic acids is 1. The second-order valence-corrected chi connectivity index (χ2v) is 5.51. The number of hydrogen-bond donors (Lipinski definition) is 2. The molecule has 0 aliphatic carbocycles. The minimum absolute atomic E-state index is 0.00824. The number of hydrogen-bond acceptors (Lipinski definition) is 3. The molecule has 1 aliphatic heterocycles. The van der Waals surface area contributed by atoms with Crippen LogP contribution in [-0.2, 0) is 0 Å². The number of likely N-dealkylation sites (tertiary alicyclic amines) is 1. The molecule has 4 N–H and O–H groups in total. The normalized spacial score (nSPS) is 24.8. The molecule has 1 heterocycles. The zero-order chi connectivity index (χ0) is 12.4. The Morgan fingerprint density at radius 3 is 2.65 bits per heavy atom. The molecule has 4 nitrogen and oxygen atoms in total. The Hall–Kier alpha value is -0.660. The number of nitrogens with zero attached hydrogens (tertiary/aromatic N) is 1. The number of rotatable bonds is 1. The van der Waals surface area contributed by atoms with Gasteiger partial charge in [0.15, 0.2) is 0 Å². The quantitative estimate of drug-likeness (QED) is 0.740. The Balaban J connectivity index is 2.14. The third-order valence-electron chi connectivity index (χ3n) is 3.10. The van der Waals surface area contributed by atoms with Gasteiger partial charge in [0.2, 0.25) is 0 Å². The summed E-state index contributed by atoms with van der Waals surface area (Å²) in [5, 5.41) is 0. The Morgan fingerprint density at radius 1 is 1.29 bits per heavy atom. The Morgan fingerprint density at radius 2 is 2.00 bits per heavy atom. The van der Waals surface area contributed by atoms with E-state index in [2.05, 4.69) is 22.6 Å². The molecule has 1 aromatic rings. The minimum Gasteiger partial charge on any atom is -0.337 e. The van der Waals surface area contributed by atoms with Crippen LogP contribution in [0.2, 0.25) is 0 Å². The van der Waals surface area contributed by atoms with Crippen LogP contribution in [0.1, 0.15) is 16.8 Å². The standard InChI is InChI=1S/C12H16IN3O/c13-9-4-2-1-3-8(9)12(17)16-6-5-10(14)11(15)7-16/h1-4,10-11H,5-7,14-15H2. The molecule has 2 rings (SSSR count). The van der Waals surface area contributed by atoms with Crippen molar-refractivity contribution in [2.24, 2.45) is 11.5 Å². The van der Waals surface area contributed by atoms with Crippen molar-refractivity contribution in [1.29, 1.82) is 0 Å². The van der Waals surface area contributed by atoms with Crippen LogP contribution in [0, 0.1) is 3.57 Å². The fourth-order valence-electron chi connectivity index (χ4n) is 1.99. The second kappa shape index (κ2) is 5.32. The summed E-state index contributed by atoms with van der Waals surface area (Å²) in [7, 11) is 0. The first kappa shape index (κ1) is 12.8. The third-order valence-corrected chi connectivity index (χ3v) is 4.05. The van der Waals surface area contributed by atoms with E-state index in [0.717, 1.165) is 15.6 Å². The van der Waals surface area contributed by atoms with Crippen molar-refractivity contribution in [3.8, 4) is 0 Å². The summed E-state index contributed by atoms with van der Waals surface area (Å²) < 4.78 is 0.971. The average Bonchev–Trinajstić information content (AvgIpc) is 2.32. The van der Waals surface area contributed by atoms with Gasteiger partial charge in [-0.15, -0.1) is 0 Å². The van der Waals surface area contributed by atoms with Gasteiger partial charge in [-0.05, 0) is 41.1 Å². The highest BCUT2D eigenvalue weighted by molar-refractivity contribution is 14.1. The summed E-state index contributed by atoms with van der Waals surface area (Å²) in [6, 6.07) is 7.48. The van der Waals surface area contributed by atoms with E-state index in [9.17, 15) is 4.79 Å². The van der Waals surface area contributed by atoms with Crippen LogP contribution in [0.15, 0.2) is 24.3 Å². The zero-order valence-corrected chi connectivity index (χ0v) is 11.6. The fraction of sp³-hybridized carbons (Fsp3) is 0.417. The highest BCUT2D eigenvalue weighted by Gasteiger charge is 2.27. The molecule has 1 fully saturated rings. The van der Waals surface area contributed by atoms with Crippen LogP contribution in [0.25, 0.3) is 0 Å². The number of carbonyl (C=O) groups is 1. The first-order valence-electron chi connectivity index (χ1n) is 5.64. The fourth-order valence-corrected chi connectivity index (χ4v) is 2.61. The van der Waals surface area contributed by atoms with E-state index in [-0.39, 0.29) is 18.0 Å². The maximum Gasteiger partial charge on any atom is 0.254 e. The van der Waals surface area contributed by atoms with Gasteiger partial charge in [0.1, 0.15) is 0 Å². The zero-order valence-electron chi connectivity index (χ0n) is 9.47. The van der Waals surface area contributed by atoms with Crippen LogP contribution in [0.5, 0.6) is 0 Å². The van der Waals surface area contributed by atoms with E-state index in [1.807, 2.05) is 24.3 Å². The van der Waals surface area contributed by atoms with Crippen molar-refractivity contribution in [2.75, 3.05) is 13.1 Å². The third kappa shape index (κ3) is 2.78. The van der Waals surface area contributed by atoms with Crippen molar-refractivity contribution >= 4 is 28.5 Å². The van der Waals surface area contributed by atoms with Crippen LogP contribution in [0.4, 0.5) is 0 Å². The molecule has 17 heavy (non-hydrogen) atoms. The molecule has 2 unspecified atom stereocenters. The first-order valence-corrected chi connectivity index (χ1v) is 6.72. The lowest BCUT2D eigenvalue weighted by atomic mass is 10.0. The van der Waals surface area contributed by atoms with E-state index in [1.165, 1.54) is 0 Å². The smallest absolute Gasteiger partial charge is 0.254 e. The molecule has 1 saturated heterocycles. The lowest BCUT2D eigenvalue weighted by molar-refractivity contribution is 0.0695. The van der Waals surface area contributed by atoms with E-state index < -0.39 is 0 Å². The molecule has 2 atom stereocenters. The molecule has 0 radical (unpaired) electrons. The van der Waals surface area contributed by atoms with Gasteiger partial charge >= 0.3 is 0 Å². The molecule has 0 saturated carbocycles. The Kier molecular flexibility index (Phi) is 4.01. The summed E-state index contributed by atoms with van der Waals surface area (Å²) in [5.74, 6) is 0.0531. The lowest BCUT2D eigenvalue weighted by Crippen LogP contribution is -2.56. The first-order chi connectivity index (χ1) is 8.09. The van der Waals surface area contributed by atoms with Crippen LogP contribution < -0.4 is 11.5 Å². The molecule has 0 bridgehead atoms. The van der Waals surface area contributed by atoms with Gasteiger partial charge < -0.3 is 16.4 Å². The van der Waals surface area contributed by atoms with Crippen LogP contribution >= 0.6 is 22.6 Å². The SMILES string of the molecule is NC1CCN(C(=O)c2ccccc2I)CC1N. The maximum atomic E-state index is 12.3. The van der Waals surface area contributed by atoms with Crippen molar-refractivity contribution in [1.82, 2.24) is 4.90 Å². The molecule has 5 heteroatoms. The second-order valence-electron chi connectivity index (χ2n) is 4.35. The van der Waals surface area contributed by atoms with Crippen molar-refractivity contribution in [3.63, 3.8) is 0 Å². The predicted molar refractivity (Wildman–Crippen MR) is 75.6 cm³/mol. The summed E-state index contributed by atoms with van der Waals surface area (Å²) in [5.41, 5.74) is 12.5. The van der Waals surface area contributed by atoms with Crippen molar-refractivity contribution in [2.45, 2.75) is 18.5 Å². The summed E-state index contributed by atoms with van der Waals surface area (Å²) >= 11 is 2.18. The molecule has 92 valence electrons. The summed E-state index contributed by atoms with van der Waals surface area (Å²) in [6.07, 6.45) is 0.774. The van der Waals surface area contributed by atoms with Crippen molar-refractivity contribution < 1.29 is 4.79 Å². The minimum atomic E-state index is -0.117. The van der Waals surface area contributed by atoms with E-state index in [4.69, 9.17) is 11.5 Å². The largest absolute Gasteiger partial charge is 0.337 e. The molecular weight excluding hydrogens is 329 g/mol. The number of nitrogens with two attached hydrogens (primary N) is 2. The molecular formula is C12H16IN3O. The van der Waals surface area contributed by atoms with Gasteiger partial charge in [0, 0.05) is 28.7 Å². The monoisotopic (exact) mass is 345 g/mol.